The third kappa shape index (κ3) is 1.94. The first kappa shape index (κ1) is 6.17. The zero-order valence-electron chi connectivity index (χ0n) is 3.24. The molecule has 1 rings (SSSR count). The van der Waals surface area contributed by atoms with E-state index in [0.29, 0.717) is 0 Å². The van der Waals surface area contributed by atoms with Crippen LogP contribution in [-0.4, -0.2) is 35.9 Å². The van der Waals surface area contributed by atoms with E-state index in [4.69, 9.17) is 0 Å². The van der Waals surface area contributed by atoms with E-state index in [1.807, 2.05) is 11.8 Å². The normalized spacial score (nSPS) is 19.2. The van der Waals surface area contributed by atoms with Gasteiger partial charge in [-0.25, -0.2) is 0 Å². The minimum absolute atomic E-state index is 0. The van der Waals surface area contributed by atoms with Crippen molar-refractivity contribution >= 4 is 36.2 Å². The second-order valence-corrected chi connectivity index (χ2v) is 2.19. The molecule has 0 spiro atoms. The average Bonchev–Trinajstić information content (AvgIpc) is 0.722. The molecule has 1 fully saturated rings. The molecule has 0 unspecified atom stereocenters. The van der Waals surface area contributed by atoms with E-state index in [0.717, 1.165) is 0 Å². The molecule has 0 saturated carbocycles. The fourth-order valence-corrected chi connectivity index (χ4v) is 0.433. The zero-order chi connectivity index (χ0) is 2.83. The van der Waals surface area contributed by atoms with Gasteiger partial charge in [0.1, 0.15) is 0 Å². The topological polar surface area (TPSA) is 0 Å². The number of hydrogen-bond donors (Lipinski definition) is 0. The molecule has 1 heterocycles. The molecule has 1 aliphatic rings. The van der Waals surface area contributed by atoms with Crippen LogP contribution >= 0.6 is 11.8 Å². The molecule has 1 saturated heterocycles. The van der Waals surface area contributed by atoms with Crippen molar-refractivity contribution in [1.82, 2.24) is 0 Å². The van der Waals surface area contributed by atoms with Crippen molar-refractivity contribution < 1.29 is 0 Å². The molecule has 0 aromatic rings. The van der Waals surface area contributed by atoms with E-state index >= 15 is 0 Å². The van der Waals surface area contributed by atoms with Crippen LogP contribution in [0.3, 0.4) is 0 Å². The third-order valence-corrected chi connectivity index (χ3v) is 1.73. The van der Waals surface area contributed by atoms with Crippen LogP contribution in [0.4, 0.5) is 0 Å². The van der Waals surface area contributed by atoms with Gasteiger partial charge >= 0.3 is 24.4 Å². The van der Waals surface area contributed by atoms with Crippen molar-refractivity contribution in [2.45, 2.75) is 6.42 Å². The fraction of sp³-hybridized carbons (Fsp3) is 1.00. The number of thioether (sulfide) groups is 1. The quantitative estimate of drug-likeness (QED) is 0.492. The number of hydrogen-bond acceptors (Lipinski definition) is 1. The predicted molar refractivity (Wildman–Crippen MR) is 31.9 cm³/mol. The number of rotatable bonds is 0. The maximum absolute atomic E-state index is 2.04. The van der Waals surface area contributed by atoms with Gasteiger partial charge in [0.2, 0.25) is 0 Å². The van der Waals surface area contributed by atoms with Crippen LogP contribution in [0.1, 0.15) is 6.42 Å². The van der Waals surface area contributed by atoms with E-state index < -0.39 is 0 Å². The molecule has 0 aromatic carbocycles. The molecule has 0 aromatic heterocycles. The summed E-state index contributed by atoms with van der Waals surface area (Å²) in [6, 6.07) is 0. The van der Waals surface area contributed by atoms with Gasteiger partial charge in [-0.2, -0.15) is 11.8 Å². The van der Waals surface area contributed by atoms with Gasteiger partial charge in [0.25, 0.3) is 0 Å². The van der Waals surface area contributed by atoms with E-state index in [1.54, 1.807) is 0 Å². The predicted octanol–water partition coefficient (Wildman–Crippen LogP) is -0.0606. The van der Waals surface area contributed by atoms with Gasteiger partial charge in [0.15, 0.2) is 0 Å². The molecule has 0 atom stereocenters. The van der Waals surface area contributed by atoms with Gasteiger partial charge in [-0.05, 0) is 17.9 Å². The summed E-state index contributed by atoms with van der Waals surface area (Å²) in [4.78, 5) is 0. The molecule has 0 nitrogen and oxygen atoms in total. The monoisotopic (exact) mass is 198 g/mol. The second kappa shape index (κ2) is 3.36. The van der Waals surface area contributed by atoms with Crippen molar-refractivity contribution in [3.63, 3.8) is 0 Å². The molecule has 1 aliphatic heterocycles. The summed E-state index contributed by atoms with van der Waals surface area (Å²) in [5.74, 6) is 2.83. The summed E-state index contributed by atoms with van der Waals surface area (Å²) in [7, 11) is 0. The molecule has 32 valence electrons. The Morgan fingerprint density at radius 1 is 1.20 bits per heavy atom. The van der Waals surface area contributed by atoms with Gasteiger partial charge in [-0.15, -0.1) is 0 Å². The van der Waals surface area contributed by atoms with Gasteiger partial charge in [-0.3, -0.25) is 0 Å². The minimum atomic E-state index is 0. The molecular weight excluding hydrogens is 190 g/mol. The molecule has 5 heavy (non-hydrogen) atoms. The summed E-state index contributed by atoms with van der Waals surface area (Å²) < 4.78 is 0. The van der Waals surface area contributed by atoms with Crippen LogP contribution in [0.5, 0.6) is 0 Å². The first-order valence-corrected chi connectivity index (χ1v) is 2.73. The first-order chi connectivity index (χ1) is 2.00. The van der Waals surface area contributed by atoms with Gasteiger partial charge in [-0.1, -0.05) is 0 Å². The maximum atomic E-state index is 2.04. The standard InChI is InChI=1S/C3H6S.Sb.3H/c1-2-4-3-1;;;;/h1-3H2;;;;. The summed E-state index contributed by atoms with van der Waals surface area (Å²) in [6.45, 7) is 0. The SMILES string of the molecule is C1CSC1.[SbH3]. The summed E-state index contributed by atoms with van der Waals surface area (Å²) in [5.41, 5.74) is 0. The summed E-state index contributed by atoms with van der Waals surface area (Å²) in [5, 5.41) is 0. The molecule has 0 aliphatic carbocycles. The Labute approximate surface area is 54.2 Å². The Balaban J connectivity index is 0.000000160. The Bertz CT molecular complexity index is 14.9. The summed E-state index contributed by atoms with van der Waals surface area (Å²) >= 11 is 2.04. The Hall–Kier alpha value is 1.17. The van der Waals surface area contributed by atoms with Crippen molar-refractivity contribution in [3.8, 4) is 0 Å². The van der Waals surface area contributed by atoms with E-state index in [1.165, 1.54) is 17.9 Å². The van der Waals surface area contributed by atoms with Crippen LogP contribution in [0.25, 0.3) is 0 Å². The van der Waals surface area contributed by atoms with Crippen LogP contribution in [-0.2, 0) is 0 Å². The van der Waals surface area contributed by atoms with Crippen molar-refractivity contribution in [2.75, 3.05) is 11.5 Å². The molecule has 0 radical (unpaired) electrons. The van der Waals surface area contributed by atoms with Crippen molar-refractivity contribution in [3.05, 3.63) is 0 Å². The Kier molecular flexibility index (Phi) is 4.15. The Morgan fingerprint density at radius 2 is 1.40 bits per heavy atom. The average molecular weight is 199 g/mol. The van der Waals surface area contributed by atoms with Gasteiger partial charge in [0, 0.05) is 0 Å². The van der Waals surface area contributed by atoms with Gasteiger partial charge in [0.05, 0.1) is 0 Å². The van der Waals surface area contributed by atoms with Crippen LogP contribution in [0, 0.1) is 0 Å². The second-order valence-electron chi connectivity index (χ2n) is 0.966. The van der Waals surface area contributed by atoms with Gasteiger partial charge < -0.3 is 0 Å². The van der Waals surface area contributed by atoms with E-state index in [-0.39, 0.29) is 24.4 Å². The first-order valence-electron chi connectivity index (χ1n) is 1.58. The van der Waals surface area contributed by atoms with E-state index in [9.17, 15) is 0 Å². The van der Waals surface area contributed by atoms with Crippen LogP contribution in [0.15, 0.2) is 0 Å². The van der Waals surface area contributed by atoms with Crippen LogP contribution < -0.4 is 0 Å². The van der Waals surface area contributed by atoms with Crippen LogP contribution in [0.2, 0.25) is 0 Å². The zero-order valence-corrected chi connectivity index (χ0v) is 8.09. The van der Waals surface area contributed by atoms with Crippen molar-refractivity contribution in [2.24, 2.45) is 0 Å². The van der Waals surface area contributed by atoms with E-state index in [2.05, 4.69) is 0 Å². The molecule has 0 N–H and O–H groups in total. The van der Waals surface area contributed by atoms with Crippen molar-refractivity contribution in [1.29, 1.82) is 0 Å². The Morgan fingerprint density at radius 3 is 1.40 bits per heavy atom. The molecule has 0 bridgehead atoms. The third-order valence-electron chi connectivity index (χ3n) is 0.577. The molecular formula is C3H9SSb. The molecule has 0 amide bonds. The summed E-state index contributed by atoms with van der Waals surface area (Å²) in [6.07, 6.45) is 1.46. The molecule has 2 heteroatoms. The fourth-order valence-electron chi connectivity index (χ4n) is 0.144.